The monoisotopic (exact) mass is 180 g/mol. The molecule has 0 atom stereocenters. The van der Waals surface area contributed by atoms with Crippen LogP contribution in [0.3, 0.4) is 0 Å². The molecule has 0 saturated heterocycles. The maximum absolute atomic E-state index is 2.24. The van der Waals surface area contributed by atoms with Crippen molar-refractivity contribution in [3.05, 3.63) is 48.5 Å². The molecule has 66 valence electrons. The molecule has 2 aliphatic rings. The predicted molar refractivity (Wildman–Crippen MR) is 57.2 cm³/mol. The van der Waals surface area contributed by atoms with Crippen molar-refractivity contribution in [1.82, 2.24) is 0 Å². The SMILES string of the molecule is c1ccc2c(c1)N2N1c2ccccc21. The zero-order valence-electron chi connectivity index (χ0n) is 7.51. The summed E-state index contributed by atoms with van der Waals surface area (Å²) in [6.07, 6.45) is 0. The Morgan fingerprint density at radius 1 is 0.500 bits per heavy atom. The topological polar surface area (TPSA) is 6.02 Å². The van der Waals surface area contributed by atoms with Gasteiger partial charge in [0, 0.05) is 0 Å². The highest BCUT2D eigenvalue weighted by Gasteiger charge is 2.43. The van der Waals surface area contributed by atoms with Crippen LogP contribution in [0.25, 0.3) is 0 Å². The van der Waals surface area contributed by atoms with Crippen molar-refractivity contribution in [2.75, 3.05) is 10.0 Å². The van der Waals surface area contributed by atoms with Gasteiger partial charge in [-0.05, 0) is 24.3 Å². The van der Waals surface area contributed by atoms with Gasteiger partial charge >= 0.3 is 0 Å². The van der Waals surface area contributed by atoms with E-state index < -0.39 is 0 Å². The van der Waals surface area contributed by atoms with Crippen LogP contribution in [-0.2, 0) is 0 Å². The predicted octanol–water partition coefficient (Wildman–Crippen LogP) is 3.20. The van der Waals surface area contributed by atoms with E-state index in [1.165, 1.54) is 22.7 Å². The van der Waals surface area contributed by atoms with Crippen molar-refractivity contribution in [3.8, 4) is 0 Å². The number of anilines is 4. The van der Waals surface area contributed by atoms with Gasteiger partial charge in [0.2, 0.25) is 0 Å². The fourth-order valence-corrected chi connectivity index (χ4v) is 2.01. The number of hydrogen-bond acceptors (Lipinski definition) is 2. The molecule has 2 aliphatic heterocycles. The molecule has 2 nitrogen and oxygen atoms in total. The maximum Gasteiger partial charge on any atom is 0.0894 e. The molecular weight excluding hydrogens is 172 g/mol. The van der Waals surface area contributed by atoms with Crippen LogP contribution < -0.4 is 10.0 Å². The lowest BCUT2D eigenvalue weighted by Gasteiger charge is -2.03. The van der Waals surface area contributed by atoms with Crippen LogP contribution in [-0.4, -0.2) is 0 Å². The molecule has 2 heterocycles. The zero-order chi connectivity index (χ0) is 9.12. The fraction of sp³-hybridized carbons (Fsp3) is 0. The first-order valence-corrected chi connectivity index (χ1v) is 4.75. The first-order chi connectivity index (χ1) is 6.97. The van der Waals surface area contributed by atoms with E-state index in [-0.39, 0.29) is 0 Å². The number of hydrogen-bond donors (Lipinski definition) is 0. The van der Waals surface area contributed by atoms with E-state index >= 15 is 0 Å². The lowest BCUT2D eigenvalue weighted by Crippen LogP contribution is -2.10. The number of hydrazine groups is 1. The molecule has 0 N–H and O–H groups in total. The average molecular weight is 180 g/mol. The van der Waals surface area contributed by atoms with Crippen molar-refractivity contribution < 1.29 is 0 Å². The zero-order valence-corrected chi connectivity index (χ0v) is 7.51. The van der Waals surface area contributed by atoms with Crippen molar-refractivity contribution in [2.24, 2.45) is 0 Å². The summed E-state index contributed by atoms with van der Waals surface area (Å²) in [6, 6.07) is 16.9. The van der Waals surface area contributed by atoms with Gasteiger partial charge in [0.15, 0.2) is 0 Å². The van der Waals surface area contributed by atoms with E-state index in [4.69, 9.17) is 0 Å². The summed E-state index contributed by atoms with van der Waals surface area (Å²) in [4.78, 5) is 0. The van der Waals surface area contributed by atoms with E-state index in [9.17, 15) is 0 Å². The summed E-state index contributed by atoms with van der Waals surface area (Å²) in [7, 11) is 0. The third kappa shape index (κ3) is 0.632. The third-order valence-electron chi connectivity index (χ3n) is 2.78. The molecule has 0 unspecified atom stereocenters. The summed E-state index contributed by atoms with van der Waals surface area (Å²) in [5, 5.41) is 4.48. The van der Waals surface area contributed by atoms with Gasteiger partial charge in [-0.15, -0.1) is 0 Å². The minimum absolute atomic E-state index is 1.32. The number of fused-ring (bicyclic) bond motifs is 2. The van der Waals surface area contributed by atoms with E-state index in [1.807, 2.05) is 0 Å². The molecule has 0 saturated carbocycles. The normalized spacial score (nSPS) is 14.9. The van der Waals surface area contributed by atoms with E-state index in [0.29, 0.717) is 0 Å². The Bertz CT molecular complexity index is 438. The average Bonchev–Trinajstić information content (AvgIpc) is 3.07. The summed E-state index contributed by atoms with van der Waals surface area (Å²) in [5.74, 6) is 0. The fourth-order valence-electron chi connectivity index (χ4n) is 2.01. The lowest BCUT2D eigenvalue weighted by molar-refractivity contribution is 1.22. The van der Waals surface area contributed by atoms with Crippen LogP contribution in [0.5, 0.6) is 0 Å². The van der Waals surface area contributed by atoms with Gasteiger partial charge in [-0.1, -0.05) is 24.3 Å². The maximum atomic E-state index is 2.24. The molecule has 0 radical (unpaired) electrons. The Balaban J connectivity index is 1.73. The minimum Gasteiger partial charge on any atom is -0.245 e. The second-order valence-corrected chi connectivity index (χ2v) is 3.60. The summed E-state index contributed by atoms with van der Waals surface area (Å²) in [5.41, 5.74) is 5.29. The summed E-state index contributed by atoms with van der Waals surface area (Å²) >= 11 is 0. The summed E-state index contributed by atoms with van der Waals surface area (Å²) < 4.78 is 0. The Morgan fingerprint density at radius 3 is 1.07 bits per heavy atom. The standard InChI is InChI=1S/C12H8N2/c1-2-6-10-9(5-1)13(10)14-11-7-3-4-8-12(11)14/h1-8H. The van der Waals surface area contributed by atoms with Crippen LogP contribution in [0.15, 0.2) is 48.5 Å². The van der Waals surface area contributed by atoms with E-state index in [0.717, 1.165) is 0 Å². The summed E-state index contributed by atoms with van der Waals surface area (Å²) in [6.45, 7) is 0. The van der Waals surface area contributed by atoms with E-state index in [1.54, 1.807) is 0 Å². The number of rotatable bonds is 1. The smallest absolute Gasteiger partial charge is 0.0894 e. The van der Waals surface area contributed by atoms with Crippen LogP contribution >= 0.6 is 0 Å². The molecule has 0 fully saturated rings. The van der Waals surface area contributed by atoms with Gasteiger partial charge in [-0.2, -0.15) is 0 Å². The van der Waals surface area contributed by atoms with Gasteiger partial charge in [-0.25, -0.2) is 10.0 Å². The quantitative estimate of drug-likeness (QED) is 0.621. The van der Waals surface area contributed by atoms with Crippen molar-refractivity contribution in [3.63, 3.8) is 0 Å². The molecule has 0 aliphatic carbocycles. The molecule has 14 heavy (non-hydrogen) atoms. The molecule has 0 bridgehead atoms. The minimum atomic E-state index is 1.32. The van der Waals surface area contributed by atoms with Crippen molar-refractivity contribution >= 4 is 22.7 Å². The van der Waals surface area contributed by atoms with Crippen molar-refractivity contribution in [2.45, 2.75) is 0 Å². The third-order valence-corrected chi connectivity index (χ3v) is 2.78. The second kappa shape index (κ2) is 1.93. The highest BCUT2D eigenvalue weighted by Crippen LogP contribution is 2.60. The van der Waals surface area contributed by atoms with Crippen LogP contribution in [0.2, 0.25) is 0 Å². The molecule has 2 heteroatoms. The largest absolute Gasteiger partial charge is 0.245 e. The lowest BCUT2D eigenvalue weighted by atomic mass is 10.4. The molecule has 0 aromatic heterocycles. The van der Waals surface area contributed by atoms with Crippen LogP contribution in [0.1, 0.15) is 0 Å². The second-order valence-electron chi connectivity index (χ2n) is 3.60. The molecular formula is C12H8N2. The van der Waals surface area contributed by atoms with Crippen molar-refractivity contribution in [1.29, 1.82) is 0 Å². The molecule has 0 spiro atoms. The van der Waals surface area contributed by atoms with Gasteiger partial charge in [0.05, 0.1) is 22.7 Å². The van der Waals surface area contributed by atoms with E-state index in [2.05, 4.69) is 58.5 Å². The number of nitrogens with zero attached hydrogens (tertiary/aromatic N) is 2. The van der Waals surface area contributed by atoms with Crippen LogP contribution in [0, 0.1) is 0 Å². The molecule has 0 amide bonds. The Kier molecular flexibility index (Phi) is 0.892. The highest BCUT2D eigenvalue weighted by molar-refractivity contribution is 6.07. The Morgan fingerprint density at radius 2 is 0.786 bits per heavy atom. The Labute approximate surface area is 82.0 Å². The number of benzene rings is 2. The molecule has 2 aromatic rings. The van der Waals surface area contributed by atoms with Gasteiger partial charge in [-0.3, -0.25) is 0 Å². The van der Waals surface area contributed by atoms with Crippen LogP contribution in [0.4, 0.5) is 22.7 Å². The molecule has 4 rings (SSSR count). The molecule has 2 aromatic carbocycles. The van der Waals surface area contributed by atoms with Gasteiger partial charge < -0.3 is 0 Å². The first-order valence-electron chi connectivity index (χ1n) is 4.75. The highest BCUT2D eigenvalue weighted by atomic mass is 15.7. The van der Waals surface area contributed by atoms with Gasteiger partial charge in [0.1, 0.15) is 0 Å². The Hall–Kier alpha value is -1.96. The first kappa shape index (κ1) is 6.49. The van der Waals surface area contributed by atoms with Gasteiger partial charge in [0.25, 0.3) is 0 Å². The number of para-hydroxylation sites is 4.